The highest BCUT2D eigenvalue weighted by Gasteiger charge is 2.14. The van der Waals surface area contributed by atoms with Gasteiger partial charge in [0.25, 0.3) is 5.91 Å². The van der Waals surface area contributed by atoms with Gasteiger partial charge >= 0.3 is 5.97 Å². The van der Waals surface area contributed by atoms with E-state index < -0.39 is 12.6 Å². The Bertz CT molecular complexity index is 432. The zero-order valence-corrected chi connectivity index (χ0v) is 10.00. The number of carboxylic acid groups (broad SMARTS) is 1. The van der Waals surface area contributed by atoms with Gasteiger partial charge in [-0.1, -0.05) is 6.07 Å². The van der Waals surface area contributed by atoms with Gasteiger partial charge in [-0.2, -0.15) is 0 Å². The van der Waals surface area contributed by atoms with Crippen molar-refractivity contribution in [3.63, 3.8) is 0 Å². The summed E-state index contributed by atoms with van der Waals surface area (Å²) in [4.78, 5) is 23.5. The summed E-state index contributed by atoms with van der Waals surface area (Å²) >= 11 is 0. The van der Waals surface area contributed by atoms with Crippen LogP contribution < -0.4 is 4.90 Å². The van der Waals surface area contributed by atoms with Crippen molar-refractivity contribution >= 4 is 17.6 Å². The maximum Gasteiger partial charge on any atom is 0.329 e. The first kappa shape index (κ1) is 14.0. The van der Waals surface area contributed by atoms with E-state index in [9.17, 15) is 14.7 Å². The fourth-order valence-electron chi connectivity index (χ4n) is 1.47. The maximum atomic E-state index is 11.8. The smallest absolute Gasteiger partial charge is 0.329 e. The third kappa shape index (κ3) is 4.06. The Morgan fingerprint density at radius 3 is 2.61 bits per heavy atom. The summed E-state index contributed by atoms with van der Waals surface area (Å²) in [6.45, 7) is 1.36. The summed E-state index contributed by atoms with van der Waals surface area (Å²) in [5, 5.41) is 17.7. The Morgan fingerprint density at radius 2 is 2.06 bits per heavy atom. The molecular formula is C12H15NO5. The molecule has 0 atom stereocenters. The highest BCUT2D eigenvalue weighted by Crippen LogP contribution is 2.19. The van der Waals surface area contributed by atoms with Gasteiger partial charge in [-0.25, -0.2) is 4.79 Å². The van der Waals surface area contributed by atoms with E-state index in [1.807, 2.05) is 0 Å². The molecule has 0 aromatic heterocycles. The molecule has 6 heteroatoms. The number of likely N-dealkylation sites (N-methyl/N-ethyl adjacent to an activating group) is 1. The van der Waals surface area contributed by atoms with Crippen molar-refractivity contribution < 1.29 is 24.5 Å². The van der Waals surface area contributed by atoms with Crippen molar-refractivity contribution in [2.45, 2.75) is 6.92 Å². The van der Waals surface area contributed by atoms with Crippen LogP contribution in [0.5, 0.6) is 5.75 Å². The van der Waals surface area contributed by atoms with Gasteiger partial charge in [0.05, 0.1) is 0 Å². The van der Waals surface area contributed by atoms with Crippen LogP contribution in [0.3, 0.4) is 0 Å². The summed E-state index contributed by atoms with van der Waals surface area (Å²) in [7, 11) is 0. The summed E-state index contributed by atoms with van der Waals surface area (Å²) in [5.41, 5.74) is 0.543. The Labute approximate surface area is 104 Å². The van der Waals surface area contributed by atoms with Gasteiger partial charge < -0.3 is 19.8 Å². The number of hydrogen-bond acceptors (Lipinski definition) is 4. The topological polar surface area (TPSA) is 87.1 Å². The van der Waals surface area contributed by atoms with Crippen molar-refractivity contribution in [1.29, 1.82) is 0 Å². The SMILES string of the molecule is CCN(C(=O)COCC(=O)O)c1cccc(O)c1. The fraction of sp³-hybridized carbons (Fsp3) is 0.333. The number of aromatic hydroxyl groups is 1. The number of phenols is 1. The van der Waals surface area contributed by atoms with E-state index in [4.69, 9.17) is 9.84 Å². The molecule has 0 saturated carbocycles. The fourth-order valence-corrected chi connectivity index (χ4v) is 1.47. The van der Waals surface area contributed by atoms with Crippen molar-refractivity contribution in [1.82, 2.24) is 0 Å². The molecule has 0 aliphatic rings. The van der Waals surface area contributed by atoms with Gasteiger partial charge in [-0.3, -0.25) is 4.79 Å². The lowest BCUT2D eigenvalue weighted by atomic mass is 10.2. The predicted octanol–water partition coefficient (Wildman–Crippen LogP) is 0.846. The van der Waals surface area contributed by atoms with E-state index >= 15 is 0 Å². The molecule has 0 aliphatic heterocycles. The second-order valence-corrected chi connectivity index (χ2v) is 3.54. The number of carbonyl (C=O) groups excluding carboxylic acids is 1. The molecule has 0 spiro atoms. The normalized spacial score (nSPS) is 10.1. The molecule has 18 heavy (non-hydrogen) atoms. The molecule has 0 fully saturated rings. The quantitative estimate of drug-likeness (QED) is 0.784. The molecule has 0 aliphatic carbocycles. The van der Waals surface area contributed by atoms with Crippen LogP contribution in [0.15, 0.2) is 24.3 Å². The summed E-state index contributed by atoms with van der Waals surface area (Å²) in [6, 6.07) is 6.26. The van der Waals surface area contributed by atoms with Gasteiger partial charge in [0.1, 0.15) is 19.0 Å². The van der Waals surface area contributed by atoms with Gasteiger partial charge in [0.15, 0.2) is 0 Å². The molecule has 0 radical (unpaired) electrons. The summed E-state index contributed by atoms with van der Waals surface area (Å²) < 4.78 is 4.74. The number of hydrogen-bond donors (Lipinski definition) is 2. The minimum atomic E-state index is -1.12. The van der Waals surface area contributed by atoms with Crippen LogP contribution in [0, 0.1) is 0 Å². The molecule has 1 aromatic carbocycles. The van der Waals surface area contributed by atoms with Gasteiger partial charge in [-0.05, 0) is 19.1 Å². The lowest BCUT2D eigenvalue weighted by Gasteiger charge is -2.20. The second-order valence-electron chi connectivity index (χ2n) is 3.54. The third-order valence-electron chi connectivity index (χ3n) is 2.21. The number of nitrogens with zero attached hydrogens (tertiary/aromatic N) is 1. The van der Waals surface area contributed by atoms with Crippen LogP contribution in [-0.4, -0.2) is 41.8 Å². The van der Waals surface area contributed by atoms with Gasteiger partial charge in [0.2, 0.25) is 0 Å². The van der Waals surface area contributed by atoms with Crippen molar-refractivity contribution in [3.05, 3.63) is 24.3 Å². The standard InChI is InChI=1S/C12H15NO5/c1-2-13(9-4-3-5-10(14)6-9)11(15)7-18-8-12(16)17/h3-6,14H,2,7-8H2,1H3,(H,16,17). The first-order valence-electron chi connectivity index (χ1n) is 5.43. The van der Waals surface area contributed by atoms with Gasteiger partial charge in [-0.15, -0.1) is 0 Å². The number of anilines is 1. The first-order valence-corrected chi connectivity index (χ1v) is 5.43. The lowest BCUT2D eigenvalue weighted by molar-refractivity contribution is -0.143. The number of ether oxygens (including phenoxy) is 1. The summed E-state index contributed by atoms with van der Waals surface area (Å²) in [5.74, 6) is -1.42. The van der Waals surface area contributed by atoms with Crippen molar-refractivity contribution in [2.75, 3.05) is 24.7 Å². The number of aliphatic carboxylic acids is 1. The van der Waals surface area contributed by atoms with Crippen LogP contribution in [0.4, 0.5) is 5.69 Å². The first-order chi connectivity index (χ1) is 8.54. The maximum absolute atomic E-state index is 11.8. The molecule has 6 nitrogen and oxygen atoms in total. The van der Waals surface area contributed by atoms with E-state index in [-0.39, 0.29) is 18.3 Å². The Morgan fingerprint density at radius 1 is 1.33 bits per heavy atom. The highest BCUT2D eigenvalue weighted by molar-refractivity contribution is 5.94. The van der Waals surface area contributed by atoms with E-state index in [1.54, 1.807) is 19.1 Å². The van der Waals surface area contributed by atoms with Crippen LogP contribution in [0.2, 0.25) is 0 Å². The van der Waals surface area contributed by atoms with Crippen LogP contribution in [-0.2, 0) is 14.3 Å². The minimum absolute atomic E-state index is 0.0604. The number of carbonyl (C=O) groups is 2. The average Bonchev–Trinajstić information content (AvgIpc) is 2.29. The van der Waals surface area contributed by atoms with E-state index in [0.717, 1.165) is 0 Å². The largest absolute Gasteiger partial charge is 0.508 e. The molecule has 98 valence electrons. The van der Waals surface area contributed by atoms with Crippen LogP contribution in [0.25, 0.3) is 0 Å². The molecule has 0 unspecified atom stereocenters. The monoisotopic (exact) mass is 253 g/mol. The molecule has 1 rings (SSSR count). The molecule has 1 aromatic rings. The molecule has 1 amide bonds. The molecule has 2 N–H and O–H groups in total. The molecule has 0 heterocycles. The number of amides is 1. The Kier molecular flexibility index (Phi) is 5.13. The third-order valence-corrected chi connectivity index (χ3v) is 2.21. The minimum Gasteiger partial charge on any atom is -0.508 e. The zero-order valence-electron chi connectivity index (χ0n) is 10.00. The van der Waals surface area contributed by atoms with Crippen LogP contribution in [0.1, 0.15) is 6.92 Å². The van der Waals surface area contributed by atoms with Crippen LogP contribution >= 0.6 is 0 Å². The molecule has 0 saturated heterocycles. The van der Waals surface area contributed by atoms with E-state index in [1.165, 1.54) is 17.0 Å². The zero-order chi connectivity index (χ0) is 13.5. The van der Waals surface area contributed by atoms with Crippen molar-refractivity contribution in [3.8, 4) is 5.75 Å². The number of carboxylic acids is 1. The van der Waals surface area contributed by atoms with Gasteiger partial charge in [0, 0.05) is 18.3 Å². The van der Waals surface area contributed by atoms with E-state index in [2.05, 4.69) is 0 Å². The number of benzene rings is 1. The van der Waals surface area contributed by atoms with Crippen molar-refractivity contribution in [2.24, 2.45) is 0 Å². The predicted molar refractivity (Wildman–Crippen MR) is 64.6 cm³/mol. The molecular weight excluding hydrogens is 238 g/mol. The Hall–Kier alpha value is -2.08. The highest BCUT2D eigenvalue weighted by atomic mass is 16.5. The second kappa shape index (κ2) is 6.61. The van der Waals surface area contributed by atoms with E-state index in [0.29, 0.717) is 12.2 Å². The summed E-state index contributed by atoms with van der Waals surface area (Å²) in [6.07, 6.45) is 0. The number of phenolic OH excluding ortho intramolecular Hbond substituents is 1. The lowest BCUT2D eigenvalue weighted by Crippen LogP contribution is -2.34. The Balaban J connectivity index is 2.65. The molecule has 0 bridgehead atoms. The number of rotatable bonds is 6. The average molecular weight is 253 g/mol.